The maximum atomic E-state index is 13.5. The summed E-state index contributed by atoms with van der Waals surface area (Å²) < 4.78 is 45.5. The Balaban J connectivity index is 2.00. The molecule has 1 aromatic carbocycles. The van der Waals surface area contributed by atoms with Crippen LogP contribution in [0.3, 0.4) is 0 Å². The third-order valence-electron chi connectivity index (χ3n) is 3.23. The molecule has 6 nitrogen and oxygen atoms in total. The average molecular weight is 374 g/mol. The van der Waals surface area contributed by atoms with Crippen LogP contribution in [0.15, 0.2) is 22.3 Å². The molecule has 0 spiro atoms. The quantitative estimate of drug-likeness (QED) is 0.643. The fourth-order valence-electron chi connectivity index (χ4n) is 1.87. The summed E-state index contributed by atoms with van der Waals surface area (Å²) in [5.74, 6) is -6.47. The summed E-state index contributed by atoms with van der Waals surface area (Å²) in [7, 11) is 0. The number of thiazole rings is 1. The number of esters is 1. The molecule has 1 N–H and O–H groups in total. The second-order valence-corrected chi connectivity index (χ2v) is 5.89. The molecule has 10 heteroatoms. The van der Waals surface area contributed by atoms with E-state index in [0.29, 0.717) is 11.8 Å². The highest BCUT2D eigenvalue weighted by Gasteiger charge is 2.22. The lowest BCUT2D eigenvalue weighted by Crippen LogP contribution is -2.32. The third kappa shape index (κ3) is 4.27. The lowest BCUT2D eigenvalue weighted by atomic mass is 10.2. The highest BCUT2D eigenvalue weighted by molar-refractivity contribution is 7.07. The fraction of sp³-hybridized carbons (Fsp3) is 0.267. The van der Waals surface area contributed by atoms with Crippen LogP contribution >= 0.6 is 11.3 Å². The number of aryl methyl sites for hydroxylation is 1. The number of rotatable bonds is 5. The van der Waals surface area contributed by atoms with Gasteiger partial charge in [-0.2, -0.15) is 0 Å². The van der Waals surface area contributed by atoms with Gasteiger partial charge in [0.05, 0.1) is 5.69 Å². The second kappa shape index (κ2) is 7.51. The lowest BCUT2D eigenvalue weighted by molar-refractivity contribution is -0.153. The molecule has 0 fully saturated rings. The Morgan fingerprint density at radius 3 is 2.56 bits per heavy atom. The maximum absolute atomic E-state index is 13.5. The smallest absolute Gasteiger partial charge is 0.326 e. The van der Waals surface area contributed by atoms with Crippen molar-refractivity contribution in [1.29, 1.82) is 0 Å². The van der Waals surface area contributed by atoms with Gasteiger partial charge in [-0.05, 0) is 26.0 Å². The topological polar surface area (TPSA) is 77.4 Å². The number of aromatic nitrogens is 1. The number of nitrogens with zero attached hydrogens (tertiary/aromatic N) is 1. The lowest BCUT2D eigenvalue weighted by Gasteiger charge is -2.14. The van der Waals surface area contributed by atoms with Gasteiger partial charge in [-0.1, -0.05) is 11.3 Å². The summed E-state index contributed by atoms with van der Waals surface area (Å²) in [6, 6.07) is 1.49. The Kier molecular flexibility index (Phi) is 5.62. The van der Waals surface area contributed by atoms with Crippen molar-refractivity contribution < 1.29 is 27.5 Å². The molecular weight excluding hydrogens is 361 g/mol. The zero-order valence-corrected chi connectivity index (χ0v) is 14.0. The summed E-state index contributed by atoms with van der Waals surface area (Å²) in [4.78, 5) is 34.9. The first kappa shape index (κ1) is 18.7. The number of anilines is 1. The third-order valence-corrected chi connectivity index (χ3v) is 4.12. The van der Waals surface area contributed by atoms with E-state index in [-0.39, 0.29) is 11.4 Å². The van der Waals surface area contributed by atoms with Crippen LogP contribution in [0.2, 0.25) is 0 Å². The van der Waals surface area contributed by atoms with E-state index in [4.69, 9.17) is 4.74 Å². The van der Waals surface area contributed by atoms with Crippen molar-refractivity contribution >= 4 is 28.9 Å². The standard InChI is InChI=1S/C15H13F3N2O4S/c1-7-6-25-15(23)20(7)5-11(21)24-8(2)14(22)19-10-4-3-9(16)12(17)13(10)18/h3-4,6,8H,5H2,1-2H3,(H,19,22)/t8-/m1/s1. The molecule has 1 heterocycles. The van der Waals surface area contributed by atoms with Crippen molar-refractivity contribution in [2.45, 2.75) is 26.5 Å². The van der Waals surface area contributed by atoms with Crippen molar-refractivity contribution in [3.05, 3.63) is 50.3 Å². The first-order valence-corrected chi connectivity index (χ1v) is 7.87. The SMILES string of the molecule is Cc1csc(=O)n1CC(=O)O[C@H](C)C(=O)Nc1ccc(F)c(F)c1F. The molecule has 2 aromatic rings. The number of carbonyl (C=O) groups excluding carboxylic acids is 2. The molecule has 0 aliphatic carbocycles. The van der Waals surface area contributed by atoms with E-state index in [1.807, 2.05) is 5.32 Å². The van der Waals surface area contributed by atoms with E-state index in [9.17, 15) is 27.6 Å². The molecule has 25 heavy (non-hydrogen) atoms. The Bertz CT molecular complexity index is 878. The number of hydrogen-bond donors (Lipinski definition) is 1. The van der Waals surface area contributed by atoms with Gasteiger partial charge in [0.2, 0.25) is 0 Å². The molecule has 2 rings (SSSR count). The number of halogens is 3. The molecular formula is C15H13F3N2O4S. The van der Waals surface area contributed by atoms with Crippen LogP contribution in [0.25, 0.3) is 0 Å². The van der Waals surface area contributed by atoms with Crippen LogP contribution in [0, 0.1) is 24.4 Å². The van der Waals surface area contributed by atoms with Gasteiger partial charge < -0.3 is 10.1 Å². The van der Waals surface area contributed by atoms with Gasteiger partial charge in [-0.15, -0.1) is 0 Å². The van der Waals surface area contributed by atoms with Gasteiger partial charge in [0.25, 0.3) is 5.91 Å². The normalized spacial score (nSPS) is 11.9. The molecule has 134 valence electrons. The molecule has 1 amide bonds. The molecule has 1 aromatic heterocycles. The first-order chi connectivity index (χ1) is 11.7. The van der Waals surface area contributed by atoms with Crippen molar-refractivity contribution in [1.82, 2.24) is 4.57 Å². The number of carbonyl (C=O) groups is 2. The second-order valence-electron chi connectivity index (χ2n) is 5.07. The maximum Gasteiger partial charge on any atom is 0.326 e. The summed E-state index contributed by atoms with van der Waals surface area (Å²) in [6.45, 7) is 2.47. The summed E-state index contributed by atoms with van der Waals surface area (Å²) in [6.07, 6.45) is -1.34. The van der Waals surface area contributed by atoms with Gasteiger partial charge in [0.1, 0.15) is 6.54 Å². The molecule has 0 aliphatic rings. The number of benzene rings is 1. The summed E-state index contributed by atoms with van der Waals surface area (Å²) >= 11 is 0.917. The van der Waals surface area contributed by atoms with E-state index >= 15 is 0 Å². The van der Waals surface area contributed by atoms with E-state index < -0.39 is 41.1 Å². The van der Waals surface area contributed by atoms with E-state index in [2.05, 4.69) is 0 Å². The Morgan fingerprint density at radius 1 is 1.28 bits per heavy atom. The van der Waals surface area contributed by atoms with Crippen LogP contribution in [0.1, 0.15) is 12.6 Å². The van der Waals surface area contributed by atoms with Gasteiger partial charge in [-0.25, -0.2) is 13.2 Å². The minimum Gasteiger partial charge on any atom is -0.451 e. The fourth-order valence-corrected chi connectivity index (χ4v) is 2.60. The van der Waals surface area contributed by atoms with E-state index in [1.54, 1.807) is 12.3 Å². The van der Waals surface area contributed by atoms with Gasteiger partial charge in [0, 0.05) is 11.1 Å². The van der Waals surface area contributed by atoms with E-state index in [0.717, 1.165) is 17.4 Å². The minimum absolute atomic E-state index is 0.351. The molecule has 0 bridgehead atoms. The van der Waals surface area contributed by atoms with Crippen LogP contribution in [-0.2, 0) is 20.9 Å². The molecule has 0 unspecified atom stereocenters. The van der Waals surface area contributed by atoms with Crippen molar-refractivity contribution in [3.8, 4) is 0 Å². The Morgan fingerprint density at radius 2 is 1.96 bits per heavy atom. The van der Waals surface area contributed by atoms with Gasteiger partial charge in [-0.3, -0.25) is 19.0 Å². The number of ether oxygens (including phenoxy) is 1. The van der Waals surface area contributed by atoms with Crippen molar-refractivity contribution in [3.63, 3.8) is 0 Å². The zero-order chi connectivity index (χ0) is 18.7. The monoisotopic (exact) mass is 374 g/mol. The van der Waals surface area contributed by atoms with Crippen LogP contribution < -0.4 is 10.2 Å². The predicted octanol–water partition coefficient (Wildman–Crippen LogP) is 2.21. The first-order valence-electron chi connectivity index (χ1n) is 6.99. The van der Waals surface area contributed by atoms with Gasteiger partial charge in [0.15, 0.2) is 23.6 Å². The van der Waals surface area contributed by atoms with Crippen molar-refractivity contribution in [2.75, 3.05) is 5.32 Å². The summed E-state index contributed by atoms with van der Waals surface area (Å²) in [5, 5.41) is 3.57. The number of nitrogens with one attached hydrogen (secondary N) is 1. The Hall–Kier alpha value is -2.62. The van der Waals surface area contributed by atoms with E-state index in [1.165, 1.54) is 11.5 Å². The minimum atomic E-state index is -1.73. The van der Waals surface area contributed by atoms with Crippen LogP contribution in [0.4, 0.5) is 18.9 Å². The molecule has 0 aliphatic heterocycles. The average Bonchev–Trinajstić information content (AvgIpc) is 2.87. The molecule has 0 radical (unpaired) electrons. The van der Waals surface area contributed by atoms with Gasteiger partial charge >= 0.3 is 10.8 Å². The number of hydrogen-bond acceptors (Lipinski definition) is 5. The zero-order valence-electron chi connectivity index (χ0n) is 13.1. The summed E-state index contributed by atoms with van der Waals surface area (Å²) in [5.41, 5.74) is -0.0235. The Labute approximate surface area is 143 Å². The largest absolute Gasteiger partial charge is 0.451 e. The molecule has 0 saturated heterocycles. The molecule has 0 saturated carbocycles. The number of amides is 1. The highest BCUT2D eigenvalue weighted by Crippen LogP contribution is 2.19. The van der Waals surface area contributed by atoms with Crippen LogP contribution in [-0.4, -0.2) is 22.5 Å². The molecule has 1 atom stereocenters. The highest BCUT2D eigenvalue weighted by atomic mass is 32.1. The van der Waals surface area contributed by atoms with Crippen LogP contribution in [0.5, 0.6) is 0 Å². The predicted molar refractivity (Wildman–Crippen MR) is 83.8 cm³/mol. The van der Waals surface area contributed by atoms with Crippen molar-refractivity contribution in [2.24, 2.45) is 0 Å².